The van der Waals surface area contributed by atoms with Crippen molar-refractivity contribution in [2.24, 2.45) is 16.8 Å². The summed E-state index contributed by atoms with van der Waals surface area (Å²) in [7, 11) is 0. The Hall–Kier alpha value is -5.68. The van der Waals surface area contributed by atoms with Crippen molar-refractivity contribution < 1.29 is 38.3 Å². The van der Waals surface area contributed by atoms with Crippen molar-refractivity contribution in [3.63, 3.8) is 0 Å². The third-order valence-corrected chi connectivity index (χ3v) is 11.2. The molecule has 3 aliphatic rings. The highest BCUT2D eigenvalue weighted by molar-refractivity contribution is 8.00. The Balaban J connectivity index is 0.952. The average Bonchev–Trinajstić information content (AvgIpc) is 3.73. The molecule has 3 aromatic rings. The molecule has 6 rings (SSSR count). The fourth-order valence-electron chi connectivity index (χ4n) is 6.69. The Bertz CT molecular complexity index is 2020. The van der Waals surface area contributed by atoms with E-state index in [2.05, 4.69) is 20.7 Å². The molecule has 17 heteroatoms. The normalized spacial score (nSPS) is 18.5. The predicted octanol–water partition coefficient (Wildman–Crippen LogP) is 4.31. The third kappa shape index (κ3) is 9.75. The lowest BCUT2D eigenvalue weighted by atomic mass is 9.93. The summed E-state index contributed by atoms with van der Waals surface area (Å²) in [4.78, 5) is 81.3. The second-order valence-electron chi connectivity index (χ2n) is 14.1. The summed E-state index contributed by atoms with van der Waals surface area (Å²) in [6, 6.07) is 12.2. The lowest BCUT2D eigenvalue weighted by Gasteiger charge is -2.28. The summed E-state index contributed by atoms with van der Waals surface area (Å²) in [5, 5.41) is 19.7. The van der Waals surface area contributed by atoms with E-state index < -0.39 is 29.0 Å². The van der Waals surface area contributed by atoms with E-state index in [-0.39, 0.29) is 73.5 Å². The minimum Gasteiger partial charge on any atom is -0.480 e. The van der Waals surface area contributed by atoms with Crippen LogP contribution in [-0.2, 0) is 43.6 Å². The van der Waals surface area contributed by atoms with Crippen molar-refractivity contribution in [3.05, 3.63) is 89.0 Å². The number of nitrogens with zero attached hydrogens (tertiary/aromatic N) is 5. The molecule has 0 radical (unpaired) electrons. The molecule has 5 N–H and O–H groups in total. The molecule has 4 heterocycles. The number of benzene rings is 2. The fourth-order valence-corrected chi connectivity index (χ4v) is 7.80. The molecule has 56 heavy (non-hydrogen) atoms. The number of carboxylic acids is 1. The number of aromatic nitrogens is 1. The first-order valence-electron chi connectivity index (χ1n) is 18.4. The number of carbonyl (C=O) groups excluding carboxylic acids is 5. The zero-order valence-electron chi connectivity index (χ0n) is 30.8. The number of fused-ring (bicyclic) bond motifs is 1. The van der Waals surface area contributed by atoms with Crippen molar-refractivity contribution in [2.45, 2.75) is 76.4 Å². The van der Waals surface area contributed by atoms with Gasteiger partial charge in [0.25, 0.3) is 0 Å². The van der Waals surface area contributed by atoms with Gasteiger partial charge in [-0.2, -0.15) is 5.10 Å². The van der Waals surface area contributed by atoms with Crippen LogP contribution in [-0.4, -0.2) is 89.8 Å². The lowest BCUT2D eigenvalue weighted by molar-refractivity contribution is -0.139. The number of amides is 6. The second-order valence-corrected chi connectivity index (χ2v) is 15.3. The van der Waals surface area contributed by atoms with E-state index in [0.717, 1.165) is 28.5 Å². The first-order valence-corrected chi connectivity index (χ1v) is 19.4. The SMILES string of the molecule is CC1CC(=O)N(Cc2ccc(NC(=O)CCCCCN3C(=O)CC(SCC(N)C(=O)O)C3=O)c(F)c2)N=C1c1ccc(NC(=O)N2Cc3ccncc3C2)cc1. The van der Waals surface area contributed by atoms with Crippen molar-refractivity contribution in [1.82, 2.24) is 19.8 Å². The number of aliphatic carboxylic acids is 1. The molecule has 15 nitrogen and oxygen atoms in total. The maximum atomic E-state index is 15.1. The van der Waals surface area contributed by atoms with Crippen LogP contribution in [0.4, 0.5) is 20.6 Å². The number of unbranched alkanes of at least 4 members (excludes halogenated alkanes) is 2. The number of hydrogen-bond acceptors (Lipinski definition) is 10. The molecule has 1 saturated heterocycles. The van der Waals surface area contributed by atoms with Gasteiger partial charge in [0.05, 0.1) is 23.2 Å². The van der Waals surface area contributed by atoms with Gasteiger partial charge in [-0.1, -0.05) is 31.5 Å². The van der Waals surface area contributed by atoms with Gasteiger partial charge in [0.15, 0.2) is 0 Å². The molecule has 0 aliphatic carbocycles. The Kier molecular flexibility index (Phi) is 12.7. The number of carbonyl (C=O) groups is 6. The van der Waals surface area contributed by atoms with Crippen LogP contribution in [0.2, 0.25) is 0 Å². The zero-order valence-corrected chi connectivity index (χ0v) is 31.6. The van der Waals surface area contributed by atoms with Crippen LogP contribution in [0.25, 0.3) is 0 Å². The maximum absolute atomic E-state index is 15.1. The molecule has 1 aromatic heterocycles. The van der Waals surface area contributed by atoms with Crippen LogP contribution in [0.15, 0.2) is 66.0 Å². The number of pyridine rings is 1. The molecule has 1 fully saturated rings. The van der Waals surface area contributed by atoms with E-state index in [9.17, 15) is 28.8 Å². The summed E-state index contributed by atoms with van der Waals surface area (Å²) in [5.41, 5.74) is 10.2. The number of thioether (sulfide) groups is 1. The molecule has 294 valence electrons. The molecule has 3 unspecified atom stereocenters. The smallest absolute Gasteiger partial charge is 0.322 e. The molecule has 0 bridgehead atoms. The Labute approximate surface area is 326 Å². The number of hydrogen-bond donors (Lipinski definition) is 4. The molecule has 3 atom stereocenters. The molecule has 6 amide bonds. The predicted molar refractivity (Wildman–Crippen MR) is 207 cm³/mol. The number of nitrogens with two attached hydrogens (primary N) is 1. The minimum atomic E-state index is -1.17. The highest BCUT2D eigenvalue weighted by Crippen LogP contribution is 2.28. The van der Waals surface area contributed by atoms with Gasteiger partial charge in [-0.05, 0) is 65.4 Å². The molecule has 3 aliphatic heterocycles. The van der Waals surface area contributed by atoms with Crippen LogP contribution in [0.5, 0.6) is 0 Å². The Morgan fingerprint density at radius 3 is 2.48 bits per heavy atom. The summed E-state index contributed by atoms with van der Waals surface area (Å²) in [6.07, 6.45) is 5.28. The number of likely N-dealkylation sites (tertiary alicyclic amines) is 1. The standard InChI is InChI=1S/C39H43FN8O7S/c1-23-15-35(51)48(45-36(23)25-7-9-28(10-8-25)43-39(55)46-20-26-12-13-42-18-27(26)21-46)19-24-6-11-31(29(40)16-24)44-33(49)5-3-2-4-14-47-34(50)17-32(37(47)52)56-22-30(41)38(53)54/h6-13,16,18,23,30,32H,2-5,14-15,17,19-22,41H2,1H3,(H,43,55)(H,44,49)(H,53,54). The first kappa shape index (κ1) is 40.0. The van der Waals surface area contributed by atoms with Gasteiger partial charge in [0.2, 0.25) is 23.6 Å². The highest BCUT2D eigenvalue weighted by atomic mass is 32.2. The van der Waals surface area contributed by atoms with Gasteiger partial charge in [0, 0.05) is 68.6 Å². The van der Waals surface area contributed by atoms with Gasteiger partial charge in [0.1, 0.15) is 11.9 Å². The van der Waals surface area contributed by atoms with Gasteiger partial charge in [-0.3, -0.25) is 33.9 Å². The number of urea groups is 1. The van der Waals surface area contributed by atoms with Gasteiger partial charge in [-0.15, -0.1) is 11.8 Å². The Morgan fingerprint density at radius 1 is 0.982 bits per heavy atom. The average molecular weight is 787 g/mol. The van der Waals surface area contributed by atoms with Gasteiger partial charge in [-0.25, -0.2) is 14.2 Å². The van der Waals surface area contributed by atoms with E-state index in [1.165, 1.54) is 22.0 Å². The first-order chi connectivity index (χ1) is 26.9. The van der Waals surface area contributed by atoms with E-state index in [0.29, 0.717) is 49.3 Å². The van der Waals surface area contributed by atoms with E-state index in [1.807, 2.05) is 25.1 Å². The van der Waals surface area contributed by atoms with E-state index >= 15 is 4.39 Å². The summed E-state index contributed by atoms with van der Waals surface area (Å²) >= 11 is 1.06. The number of halogens is 1. The van der Waals surface area contributed by atoms with Crippen LogP contribution in [0.3, 0.4) is 0 Å². The summed E-state index contributed by atoms with van der Waals surface area (Å²) in [5.74, 6) is -3.26. The van der Waals surface area contributed by atoms with Crippen molar-refractivity contribution in [1.29, 1.82) is 0 Å². The molecule has 2 aromatic carbocycles. The zero-order chi connectivity index (χ0) is 39.9. The van der Waals surface area contributed by atoms with Crippen molar-refractivity contribution in [2.75, 3.05) is 22.9 Å². The topological polar surface area (TPSA) is 208 Å². The quantitative estimate of drug-likeness (QED) is 0.127. The van der Waals surface area contributed by atoms with Gasteiger partial charge < -0.3 is 26.4 Å². The van der Waals surface area contributed by atoms with Crippen LogP contribution >= 0.6 is 11.8 Å². The van der Waals surface area contributed by atoms with E-state index in [4.69, 9.17) is 10.8 Å². The molecule has 0 saturated carbocycles. The van der Waals surface area contributed by atoms with Crippen LogP contribution < -0.4 is 16.4 Å². The number of hydrazone groups is 1. The molecular formula is C39H43FN8O7S. The number of imide groups is 1. The minimum absolute atomic E-state index is 0.000547. The number of nitrogens with one attached hydrogen (secondary N) is 2. The molecular weight excluding hydrogens is 744 g/mol. The monoisotopic (exact) mass is 786 g/mol. The maximum Gasteiger partial charge on any atom is 0.322 e. The van der Waals surface area contributed by atoms with Crippen LogP contribution in [0.1, 0.15) is 67.7 Å². The van der Waals surface area contributed by atoms with Crippen molar-refractivity contribution in [3.8, 4) is 0 Å². The Morgan fingerprint density at radius 2 is 1.75 bits per heavy atom. The van der Waals surface area contributed by atoms with Gasteiger partial charge >= 0.3 is 12.0 Å². The fraction of sp³-hybridized carbons (Fsp3) is 0.385. The number of rotatable bonds is 15. The summed E-state index contributed by atoms with van der Waals surface area (Å²) in [6.45, 7) is 3.14. The molecule has 0 spiro atoms. The summed E-state index contributed by atoms with van der Waals surface area (Å²) < 4.78 is 15.1. The largest absolute Gasteiger partial charge is 0.480 e. The third-order valence-electron chi connectivity index (χ3n) is 9.83. The van der Waals surface area contributed by atoms with Crippen molar-refractivity contribution >= 4 is 64.5 Å². The van der Waals surface area contributed by atoms with E-state index in [1.54, 1.807) is 35.5 Å². The highest BCUT2D eigenvalue weighted by Gasteiger charge is 2.39. The second kappa shape index (κ2) is 17.8. The number of carboxylic acid groups (broad SMARTS) is 1. The number of anilines is 2. The lowest BCUT2D eigenvalue weighted by Crippen LogP contribution is -2.36. The van der Waals surface area contributed by atoms with Crippen LogP contribution in [0, 0.1) is 11.7 Å².